The second kappa shape index (κ2) is 10.2. The maximum Gasteiger partial charge on any atom is 0.269 e. The first-order valence-corrected chi connectivity index (χ1v) is 12.4. The summed E-state index contributed by atoms with van der Waals surface area (Å²) in [6, 6.07) is 12.8. The average Bonchev–Trinajstić information content (AvgIpc) is 3.00. The smallest absolute Gasteiger partial charge is 0.269 e. The van der Waals surface area contributed by atoms with E-state index in [1.54, 1.807) is 19.1 Å². The summed E-state index contributed by atoms with van der Waals surface area (Å²) >= 11 is 0. The number of sulfonamides is 1. The Morgan fingerprint density at radius 1 is 1.09 bits per heavy atom. The summed E-state index contributed by atoms with van der Waals surface area (Å²) in [5.74, 6) is -1.33. The molecule has 1 aliphatic heterocycles. The van der Waals surface area contributed by atoms with Crippen LogP contribution in [-0.4, -0.2) is 54.5 Å². The number of hydrogen-bond acceptors (Lipinski definition) is 5. The number of carbonyl (C=O) groups excluding carboxylic acids is 3. The number of hydrogen-bond donors (Lipinski definition) is 1. The van der Waals surface area contributed by atoms with Crippen LogP contribution in [0.2, 0.25) is 0 Å². The van der Waals surface area contributed by atoms with Crippen LogP contribution in [0, 0.1) is 6.92 Å². The minimum absolute atomic E-state index is 0.0495. The van der Waals surface area contributed by atoms with Crippen LogP contribution in [0.1, 0.15) is 48.2 Å². The molecule has 3 amide bonds. The fraction of sp³-hybridized carbons (Fsp3) is 0.375. The molecule has 33 heavy (non-hydrogen) atoms. The van der Waals surface area contributed by atoms with Crippen molar-refractivity contribution < 1.29 is 22.8 Å². The Balaban J connectivity index is 1.79. The lowest BCUT2D eigenvalue weighted by atomic mass is 10.1. The highest BCUT2D eigenvalue weighted by Gasteiger charge is 2.41. The summed E-state index contributed by atoms with van der Waals surface area (Å²) in [5.41, 5.74) is 1.97. The molecule has 0 saturated heterocycles. The van der Waals surface area contributed by atoms with Gasteiger partial charge in [0.2, 0.25) is 11.8 Å². The number of aryl methyl sites for hydroxylation is 1. The highest BCUT2D eigenvalue weighted by Crippen LogP contribution is 2.30. The third-order valence-electron chi connectivity index (χ3n) is 5.76. The Morgan fingerprint density at radius 3 is 2.42 bits per heavy atom. The van der Waals surface area contributed by atoms with E-state index < -0.39 is 27.9 Å². The number of fused-ring (bicyclic) bond motifs is 1. The van der Waals surface area contributed by atoms with Crippen LogP contribution in [0.3, 0.4) is 0 Å². The Kier molecular flexibility index (Phi) is 7.53. The molecule has 0 bridgehead atoms. The summed E-state index contributed by atoms with van der Waals surface area (Å²) < 4.78 is 26.3. The Morgan fingerprint density at radius 2 is 1.76 bits per heavy atom. The van der Waals surface area contributed by atoms with Crippen molar-refractivity contribution in [1.82, 2.24) is 14.5 Å². The first kappa shape index (κ1) is 24.4. The average molecular weight is 472 g/mol. The summed E-state index contributed by atoms with van der Waals surface area (Å²) in [6.45, 7) is 5.91. The molecule has 3 rings (SSSR count). The van der Waals surface area contributed by atoms with Gasteiger partial charge < -0.3 is 10.2 Å². The molecule has 0 unspecified atom stereocenters. The zero-order valence-corrected chi connectivity index (χ0v) is 19.9. The van der Waals surface area contributed by atoms with Gasteiger partial charge in [0.15, 0.2) is 0 Å². The molecule has 0 fully saturated rings. The lowest BCUT2D eigenvalue weighted by molar-refractivity contribution is -0.140. The molecule has 0 spiro atoms. The van der Waals surface area contributed by atoms with E-state index >= 15 is 0 Å². The summed E-state index contributed by atoms with van der Waals surface area (Å²) in [7, 11) is -4.00. The number of amides is 3. The van der Waals surface area contributed by atoms with Crippen molar-refractivity contribution in [3.05, 3.63) is 65.2 Å². The number of benzene rings is 2. The number of rotatable bonds is 9. The first-order chi connectivity index (χ1) is 15.7. The molecule has 0 radical (unpaired) electrons. The third-order valence-corrected chi connectivity index (χ3v) is 7.60. The molecular formula is C24H29N3O5S. The molecule has 0 aliphatic carbocycles. The summed E-state index contributed by atoms with van der Waals surface area (Å²) in [5, 5.41) is 2.80. The fourth-order valence-electron chi connectivity index (χ4n) is 3.74. The maximum atomic E-state index is 13.2. The largest absolute Gasteiger partial charge is 0.354 e. The molecule has 0 saturated carbocycles. The van der Waals surface area contributed by atoms with Crippen molar-refractivity contribution in [2.45, 2.75) is 51.1 Å². The Labute approximate surface area is 194 Å². The van der Waals surface area contributed by atoms with Crippen LogP contribution in [0.5, 0.6) is 0 Å². The zero-order valence-electron chi connectivity index (χ0n) is 19.1. The van der Waals surface area contributed by atoms with Crippen molar-refractivity contribution in [1.29, 1.82) is 0 Å². The molecule has 9 heteroatoms. The lowest BCUT2D eigenvalue weighted by Crippen LogP contribution is -2.48. The molecule has 2 aromatic carbocycles. The van der Waals surface area contributed by atoms with Crippen LogP contribution >= 0.6 is 0 Å². The van der Waals surface area contributed by atoms with Crippen molar-refractivity contribution in [2.24, 2.45) is 0 Å². The van der Waals surface area contributed by atoms with Gasteiger partial charge in [-0.2, -0.15) is 0 Å². The van der Waals surface area contributed by atoms with Gasteiger partial charge in [-0.15, -0.1) is 0 Å². The molecule has 1 aliphatic rings. The minimum atomic E-state index is -4.00. The fourth-order valence-corrected chi connectivity index (χ4v) is 5.31. The molecule has 2 aromatic rings. The van der Waals surface area contributed by atoms with Gasteiger partial charge in [0, 0.05) is 26.1 Å². The molecule has 1 N–H and O–H groups in total. The van der Waals surface area contributed by atoms with Gasteiger partial charge in [-0.05, 0) is 43.5 Å². The van der Waals surface area contributed by atoms with Crippen LogP contribution < -0.4 is 5.32 Å². The van der Waals surface area contributed by atoms with Crippen molar-refractivity contribution in [3.63, 3.8) is 0 Å². The molecule has 0 aromatic heterocycles. The second-order valence-corrected chi connectivity index (χ2v) is 9.87. The second-order valence-electron chi connectivity index (χ2n) is 8.04. The predicted octanol–water partition coefficient (Wildman–Crippen LogP) is 2.47. The SMILES string of the molecule is CCCNC(=O)[C@@H](C)N(Cc1ccccc1C)C(=O)CCN1C(=O)c2ccccc2S1(=O)=O. The van der Waals surface area contributed by atoms with Gasteiger partial charge in [0.05, 0.1) is 5.56 Å². The highest BCUT2D eigenvalue weighted by molar-refractivity contribution is 7.90. The predicted molar refractivity (Wildman–Crippen MR) is 124 cm³/mol. The van der Waals surface area contributed by atoms with Crippen LogP contribution in [0.15, 0.2) is 53.4 Å². The van der Waals surface area contributed by atoms with Gasteiger partial charge in [-0.3, -0.25) is 14.4 Å². The van der Waals surface area contributed by atoms with Gasteiger partial charge in [0.25, 0.3) is 15.9 Å². The van der Waals surface area contributed by atoms with Gasteiger partial charge in [-0.25, -0.2) is 12.7 Å². The van der Waals surface area contributed by atoms with Crippen LogP contribution in [0.25, 0.3) is 0 Å². The Bertz CT molecular complexity index is 1160. The molecule has 176 valence electrons. The van der Waals surface area contributed by atoms with E-state index in [9.17, 15) is 22.8 Å². The monoisotopic (exact) mass is 471 g/mol. The van der Waals surface area contributed by atoms with E-state index in [1.807, 2.05) is 38.1 Å². The summed E-state index contributed by atoms with van der Waals surface area (Å²) in [4.78, 5) is 39.9. The lowest BCUT2D eigenvalue weighted by Gasteiger charge is -2.30. The van der Waals surface area contributed by atoms with Crippen LogP contribution in [0.4, 0.5) is 0 Å². The van der Waals surface area contributed by atoms with E-state index in [4.69, 9.17) is 0 Å². The van der Waals surface area contributed by atoms with Gasteiger partial charge in [-0.1, -0.05) is 43.3 Å². The van der Waals surface area contributed by atoms with Crippen LogP contribution in [-0.2, 0) is 26.2 Å². The van der Waals surface area contributed by atoms with Gasteiger partial charge in [0.1, 0.15) is 10.9 Å². The van der Waals surface area contributed by atoms with Crippen molar-refractivity contribution >= 4 is 27.7 Å². The van der Waals surface area contributed by atoms with Gasteiger partial charge >= 0.3 is 0 Å². The first-order valence-electron chi connectivity index (χ1n) is 11.0. The van der Waals surface area contributed by atoms with E-state index in [-0.39, 0.29) is 35.9 Å². The molecular weight excluding hydrogens is 442 g/mol. The Hall–Kier alpha value is -3.20. The molecule has 8 nitrogen and oxygen atoms in total. The zero-order chi connectivity index (χ0) is 24.2. The standard InChI is InChI=1S/C24H29N3O5S/c1-4-14-25-23(29)18(3)26(16-19-10-6-5-9-17(19)2)22(28)13-15-27-24(30)20-11-7-8-12-21(20)33(27,31)32/h5-12,18H,4,13-16H2,1-3H3,(H,25,29)/t18-/m1/s1. The van der Waals surface area contributed by atoms with E-state index in [1.165, 1.54) is 17.0 Å². The normalized spacial score (nSPS) is 15.1. The van der Waals surface area contributed by atoms with Crippen molar-refractivity contribution in [3.8, 4) is 0 Å². The number of carbonyl (C=O) groups is 3. The maximum absolute atomic E-state index is 13.2. The highest BCUT2D eigenvalue weighted by atomic mass is 32.2. The van der Waals surface area contributed by atoms with E-state index in [0.29, 0.717) is 6.54 Å². The van der Waals surface area contributed by atoms with Crippen molar-refractivity contribution in [2.75, 3.05) is 13.1 Å². The number of nitrogens with one attached hydrogen (secondary N) is 1. The minimum Gasteiger partial charge on any atom is -0.354 e. The molecule has 1 atom stereocenters. The third kappa shape index (κ3) is 5.08. The topological polar surface area (TPSA) is 104 Å². The van der Waals surface area contributed by atoms with E-state index in [0.717, 1.165) is 21.9 Å². The quantitative estimate of drug-likeness (QED) is 0.605. The number of nitrogens with zero attached hydrogens (tertiary/aromatic N) is 2. The summed E-state index contributed by atoms with van der Waals surface area (Å²) in [6.07, 6.45) is 0.538. The van der Waals surface area contributed by atoms with E-state index in [2.05, 4.69) is 5.32 Å². The molecule has 1 heterocycles.